The first-order valence-electron chi connectivity index (χ1n) is 4.63. The highest BCUT2D eigenvalue weighted by Gasteiger charge is 2.09. The van der Waals surface area contributed by atoms with Crippen LogP contribution in [0.25, 0.3) is 0 Å². The van der Waals surface area contributed by atoms with Crippen molar-refractivity contribution in [2.24, 2.45) is 0 Å². The molecule has 6 heteroatoms. The van der Waals surface area contributed by atoms with Gasteiger partial charge in [-0.3, -0.25) is 0 Å². The molecule has 84 valence electrons. The van der Waals surface area contributed by atoms with E-state index in [1.54, 1.807) is 19.9 Å². The van der Waals surface area contributed by atoms with E-state index >= 15 is 0 Å². The summed E-state index contributed by atoms with van der Waals surface area (Å²) < 4.78 is 9.76. The zero-order valence-electron chi connectivity index (χ0n) is 8.98. The molecule has 0 bridgehead atoms. The molecule has 0 amide bonds. The summed E-state index contributed by atoms with van der Waals surface area (Å²) in [4.78, 5) is 15.0. The van der Waals surface area contributed by atoms with Gasteiger partial charge in [-0.15, -0.1) is 0 Å². The third-order valence-electron chi connectivity index (χ3n) is 1.60. The molecule has 0 unspecified atom stereocenters. The van der Waals surface area contributed by atoms with Crippen LogP contribution < -0.4 is 5.32 Å². The minimum Gasteiger partial charge on any atom is -0.462 e. The second kappa shape index (κ2) is 5.56. The number of nitrogens with zero attached hydrogens (tertiary/aromatic N) is 2. The molecule has 0 saturated carbocycles. The Hall–Kier alpha value is -2.29. The molecule has 0 radical (unpaired) electrons. The largest absolute Gasteiger partial charge is 0.462 e. The number of carbonyl (C=O) groups is 1. The van der Waals surface area contributed by atoms with Crippen molar-refractivity contribution < 1.29 is 13.9 Å². The highest BCUT2D eigenvalue weighted by Crippen LogP contribution is 2.09. The lowest BCUT2D eigenvalue weighted by molar-refractivity contribution is -0.138. The molecule has 1 heterocycles. The Morgan fingerprint density at radius 1 is 1.81 bits per heavy atom. The van der Waals surface area contributed by atoms with Crippen molar-refractivity contribution in [3.05, 3.63) is 23.9 Å². The number of aryl methyl sites for hydroxylation is 1. The SMILES string of the molecule is CCOC(=O)/C(C#N)=C\Nc1cnc(C)o1. The fourth-order valence-electron chi connectivity index (χ4n) is 0.917. The number of hydrogen-bond donors (Lipinski definition) is 1. The van der Waals surface area contributed by atoms with E-state index in [4.69, 9.17) is 9.68 Å². The summed E-state index contributed by atoms with van der Waals surface area (Å²) in [7, 11) is 0. The summed E-state index contributed by atoms with van der Waals surface area (Å²) in [6.45, 7) is 3.57. The van der Waals surface area contributed by atoms with Crippen LogP contribution in [0.4, 0.5) is 5.88 Å². The molecular weight excluding hydrogens is 210 g/mol. The number of nitrogens with one attached hydrogen (secondary N) is 1. The number of aromatic nitrogens is 1. The van der Waals surface area contributed by atoms with Gasteiger partial charge in [0.2, 0.25) is 5.88 Å². The number of carbonyl (C=O) groups excluding carboxylic acids is 1. The monoisotopic (exact) mass is 221 g/mol. The van der Waals surface area contributed by atoms with E-state index in [1.807, 2.05) is 0 Å². The summed E-state index contributed by atoms with van der Waals surface area (Å²) in [6, 6.07) is 1.73. The van der Waals surface area contributed by atoms with E-state index in [-0.39, 0.29) is 12.2 Å². The van der Waals surface area contributed by atoms with Crippen LogP contribution in [0.2, 0.25) is 0 Å². The number of hydrogen-bond acceptors (Lipinski definition) is 6. The lowest BCUT2D eigenvalue weighted by Crippen LogP contribution is -2.07. The van der Waals surface area contributed by atoms with Crippen molar-refractivity contribution >= 4 is 11.9 Å². The van der Waals surface area contributed by atoms with Gasteiger partial charge in [0.25, 0.3) is 0 Å². The predicted octanol–water partition coefficient (Wildman–Crippen LogP) is 1.37. The van der Waals surface area contributed by atoms with Crippen LogP contribution in [-0.2, 0) is 9.53 Å². The smallest absolute Gasteiger partial charge is 0.350 e. The van der Waals surface area contributed by atoms with Gasteiger partial charge in [-0.05, 0) is 6.92 Å². The van der Waals surface area contributed by atoms with E-state index < -0.39 is 5.97 Å². The van der Waals surface area contributed by atoms with Crippen LogP contribution in [0.3, 0.4) is 0 Å². The maximum atomic E-state index is 11.2. The Morgan fingerprint density at radius 2 is 2.56 bits per heavy atom. The standard InChI is InChI=1S/C10H11N3O3/c1-3-15-10(14)8(4-11)5-13-9-6-12-7(2)16-9/h5-6,13H,3H2,1-2H3/b8-5-. The molecule has 0 aromatic carbocycles. The number of anilines is 1. The van der Waals surface area contributed by atoms with Gasteiger partial charge in [-0.1, -0.05) is 0 Å². The van der Waals surface area contributed by atoms with Crippen molar-refractivity contribution in [3.63, 3.8) is 0 Å². The molecule has 1 N–H and O–H groups in total. The minimum absolute atomic E-state index is 0.129. The number of esters is 1. The molecular formula is C10H11N3O3. The first-order valence-corrected chi connectivity index (χ1v) is 4.63. The highest BCUT2D eigenvalue weighted by molar-refractivity contribution is 5.93. The number of oxazole rings is 1. The molecule has 0 fully saturated rings. The molecule has 0 aliphatic carbocycles. The third-order valence-corrected chi connectivity index (χ3v) is 1.60. The normalized spacial score (nSPS) is 10.7. The van der Waals surface area contributed by atoms with Crippen molar-refractivity contribution in [1.82, 2.24) is 4.98 Å². The molecule has 0 spiro atoms. The van der Waals surface area contributed by atoms with Gasteiger partial charge >= 0.3 is 5.97 Å². The first kappa shape index (κ1) is 11.8. The third kappa shape index (κ3) is 3.13. The summed E-state index contributed by atoms with van der Waals surface area (Å²) in [6.07, 6.45) is 2.67. The van der Waals surface area contributed by atoms with E-state index in [0.29, 0.717) is 11.8 Å². The van der Waals surface area contributed by atoms with Gasteiger partial charge in [0, 0.05) is 13.1 Å². The van der Waals surface area contributed by atoms with E-state index in [1.165, 1.54) is 12.4 Å². The quantitative estimate of drug-likeness (QED) is 0.469. The maximum absolute atomic E-state index is 11.2. The van der Waals surface area contributed by atoms with Crippen molar-refractivity contribution in [2.75, 3.05) is 11.9 Å². The summed E-state index contributed by atoms with van der Waals surface area (Å²) in [5, 5.41) is 11.3. The van der Waals surface area contributed by atoms with Crippen LogP contribution in [-0.4, -0.2) is 17.6 Å². The zero-order chi connectivity index (χ0) is 12.0. The molecule has 0 atom stereocenters. The second-order valence-electron chi connectivity index (χ2n) is 2.78. The predicted molar refractivity (Wildman–Crippen MR) is 55.2 cm³/mol. The Balaban J connectivity index is 2.67. The van der Waals surface area contributed by atoms with Crippen LogP contribution >= 0.6 is 0 Å². The molecule has 16 heavy (non-hydrogen) atoms. The zero-order valence-corrected chi connectivity index (χ0v) is 8.98. The second-order valence-corrected chi connectivity index (χ2v) is 2.78. The van der Waals surface area contributed by atoms with Gasteiger partial charge < -0.3 is 14.5 Å². The molecule has 6 nitrogen and oxygen atoms in total. The fourth-order valence-corrected chi connectivity index (χ4v) is 0.917. The van der Waals surface area contributed by atoms with E-state index in [0.717, 1.165) is 0 Å². The van der Waals surface area contributed by atoms with Crippen LogP contribution in [0, 0.1) is 18.3 Å². The van der Waals surface area contributed by atoms with Crippen molar-refractivity contribution in [3.8, 4) is 6.07 Å². The highest BCUT2D eigenvalue weighted by atomic mass is 16.5. The average Bonchev–Trinajstić information content (AvgIpc) is 2.65. The Kier molecular flexibility index (Phi) is 4.09. The van der Waals surface area contributed by atoms with Crippen LogP contribution in [0.1, 0.15) is 12.8 Å². The van der Waals surface area contributed by atoms with Gasteiger partial charge in [-0.25, -0.2) is 9.78 Å². The fraction of sp³-hybridized carbons (Fsp3) is 0.300. The Bertz CT molecular complexity index is 442. The molecule has 0 aliphatic heterocycles. The van der Waals surface area contributed by atoms with Gasteiger partial charge in [0.05, 0.1) is 12.8 Å². The summed E-state index contributed by atoms with van der Waals surface area (Å²) >= 11 is 0. The number of nitriles is 1. The van der Waals surface area contributed by atoms with Crippen molar-refractivity contribution in [2.45, 2.75) is 13.8 Å². The molecule has 1 aromatic rings. The van der Waals surface area contributed by atoms with Gasteiger partial charge in [-0.2, -0.15) is 5.26 Å². The van der Waals surface area contributed by atoms with Gasteiger partial charge in [0.15, 0.2) is 11.5 Å². The maximum Gasteiger partial charge on any atom is 0.350 e. The van der Waals surface area contributed by atoms with E-state index in [2.05, 4.69) is 15.0 Å². The Morgan fingerprint density at radius 3 is 3.06 bits per heavy atom. The van der Waals surface area contributed by atoms with Gasteiger partial charge in [0.1, 0.15) is 6.07 Å². The minimum atomic E-state index is -0.672. The number of rotatable bonds is 4. The van der Waals surface area contributed by atoms with E-state index in [9.17, 15) is 4.79 Å². The molecule has 0 aliphatic rings. The van der Waals surface area contributed by atoms with Crippen molar-refractivity contribution in [1.29, 1.82) is 5.26 Å². The molecule has 1 aromatic heterocycles. The Labute approximate surface area is 92.5 Å². The average molecular weight is 221 g/mol. The first-order chi connectivity index (χ1) is 7.67. The molecule has 0 saturated heterocycles. The van der Waals surface area contributed by atoms with Crippen LogP contribution in [0.15, 0.2) is 22.4 Å². The number of ether oxygens (including phenoxy) is 1. The molecule has 1 rings (SSSR count). The van der Waals surface area contributed by atoms with Crippen LogP contribution in [0.5, 0.6) is 0 Å². The summed E-state index contributed by atoms with van der Waals surface area (Å²) in [5.74, 6) is 0.175. The summed E-state index contributed by atoms with van der Waals surface area (Å²) in [5.41, 5.74) is -0.129. The lowest BCUT2D eigenvalue weighted by atomic mass is 10.3. The topological polar surface area (TPSA) is 88.2 Å². The lowest BCUT2D eigenvalue weighted by Gasteiger charge is -1.99.